The lowest BCUT2D eigenvalue weighted by Crippen LogP contribution is -2.32. The van der Waals surface area contributed by atoms with E-state index in [1.165, 1.54) is 5.57 Å². The van der Waals surface area contributed by atoms with Gasteiger partial charge in [0.05, 0.1) is 0 Å². The second-order valence-electron chi connectivity index (χ2n) is 5.84. The molecular formula is C14H25N. The van der Waals surface area contributed by atoms with Crippen molar-refractivity contribution in [2.24, 2.45) is 5.41 Å². The van der Waals surface area contributed by atoms with Crippen molar-refractivity contribution >= 4 is 0 Å². The van der Waals surface area contributed by atoms with Gasteiger partial charge in [-0.1, -0.05) is 45.6 Å². The van der Waals surface area contributed by atoms with Crippen molar-refractivity contribution in [3.63, 3.8) is 0 Å². The van der Waals surface area contributed by atoms with Crippen LogP contribution in [-0.2, 0) is 0 Å². The average molecular weight is 207 g/mol. The van der Waals surface area contributed by atoms with Crippen LogP contribution in [0, 0.1) is 5.41 Å². The maximum atomic E-state index is 3.69. The topological polar surface area (TPSA) is 12.0 Å². The van der Waals surface area contributed by atoms with E-state index in [1.807, 2.05) is 6.08 Å². The van der Waals surface area contributed by atoms with E-state index in [0.717, 1.165) is 0 Å². The molecule has 1 nitrogen and oxygen atoms in total. The first-order valence-corrected chi connectivity index (χ1v) is 5.44. The SMILES string of the molecule is C=C/C=C\C(=C/NC(C)(C)C)C(C)(C)C. The van der Waals surface area contributed by atoms with Gasteiger partial charge in [-0.25, -0.2) is 0 Å². The fourth-order valence-corrected chi connectivity index (χ4v) is 0.981. The monoisotopic (exact) mass is 207 g/mol. The predicted octanol–water partition coefficient (Wildman–Crippen LogP) is 4.05. The molecule has 0 spiro atoms. The van der Waals surface area contributed by atoms with Crippen LogP contribution < -0.4 is 5.32 Å². The first-order valence-electron chi connectivity index (χ1n) is 5.44. The smallest absolute Gasteiger partial charge is 0.0284 e. The molecular weight excluding hydrogens is 182 g/mol. The molecule has 0 saturated heterocycles. The minimum atomic E-state index is 0.110. The molecule has 86 valence electrons. The van der Waals surface area contributed by atoms with Gasteiger partial charge in [0, 0.05) is 11.7 Å². The fraction of sp³-hybridized carbons (Fsp3) is 0.571. The van der Waals surface area contributed by atoms with Crippen LogP contribution in [0.2, 0.25) is 0 Å². The highest BCUT2D eigenvalue weighted by Gasteiger charge is 2.15. The molecule has 0 rings (SSSR count). The summed E-state index contributed by atoms with van der Waals surface area (Å²) >= 11 is 0. The first-order chi connectivity index (χ1) is 6.67. The Kier molecular flexibility index (Phi) is 4.86. The third-order valence-electron chi connectivity index (χ3n) is 1.94. The Bertz CT molecular complexity index is 256. The van der Waals surface area contributed by atoms with Crippen molar-refractivity contribution < 1.29 is 0 Å². The fourth-order valence-electron chi connectivity index (χ4n) is 0.981. The maximum Gasteiger partial charge on any atom is 0.0284 e. The van der Waals surface area contributed by atoms with Crippen molar-refractivity contribution in [2.45, 2.75) is 47.1 Å². The lowest BCUT2D eigenvalue weighted by molar-refractivity contribution is 0.470. The van der Waals surface area contributed by atoms with Crippen molar-refractivity contribution in [1.29, 1.82) is 0 Å². The zero-order valence-electron chi connectivity index (χ0n) is 11.0. The molecule has 0 heterocycles. The van der Waals surface area contributed by atoms with E-state index in [-0.39, 0.29) is 11.0 Å². The number of allylic oxidation sites excluding steroid dienone is 4. The maximum absolute atomic E-state index is 3.69. The second-order valence-corrected chi connectivity index (χ2v) is 5.84. The van der Waals surface area contributed by atoms with Gasteiger partial charge in [-0.3, -0.25) is 0 Å². The van der Waals surface area contributed by atoms with Gasteiger partial charge in [-0.2, -0.15) is 0 Å². The third-order valence-corrected chi connectivity index (χ3v) is 1.94. The van der Waals surface area contributed by atoms with Crippen LogP contribution in [0.5, 0.6) is 0 Å². The molecule has 0 amide bonds. The second kappa shape index (κ2) is 5.20. The summed E-state index contributed by atoms with van der Waals surface area (Å²) in [6.45, 7) is 16.8. The van der Waals surface area contributed by atoms with Crippen LogP contribution in [0.25, 0.3) is 0 Å². The summed E-state index contributed by atoms with van der Waals surface area (Å²) < 4.78 is 0. The van der Waals surface area contributed by atoms with E-state index in [0.29, 0.717) is 0 Å². The van der Waals surface area contributed by atoms with Gasteiger partial charge in [-0.05, 0) is 31.8 Å². The van der Waals surface area contributed by atoms with E-state index in [1.54, 1.807) is 6.08 Å². The van der Waals surface area contributed by atoms with Crippen molar-refractivity contribution in [2.75, 3.05) is 0 Å². The summed E-state index contributed by atoms with van der Waals surface area (Å²) in [7, 11) is 0. The molecule has 0 atom stereocenters. The highest BCUT2D eigenvalue weighted by molar-refractivity contribution is 5.26. The third kappa shape index (κ3) is 7.01. The molecule has 1 heteroatoms. The molecule has 0 fully saturated rings. The Morgan fingerprint density at radius 3 is 1.93 bits per heavy atom. The Labute approximate surface area is 95.0 Å². The summed E-state index contributed by atoms with van der Waals surface area (Å²) in [4.78, 5) is 0. The van der Waals surface area contributed by atoms with E-state index in [2.05, 4.69) is 65.7 Å². The van der Waals surface area contributed by atoms with E-state index < -0.39 is 0 Å². The normalized spacial score (nSPS) is 14.4. The van der Waals surface area contributed by atoms with Crippen LogP contribution >= 0.6 is 0 Å². The van der Waals surface area contributed by atoms with Gasteiger partial charge < -0.3 is 5.32 Å². The molecule has 0 aromatic carbocycles. The molecule has 0 aliphatic rings. The quantitative estimate of drug-likeness (QED) is 0.688. The Hall–Kier alpha value is -0.980. The largest absolute Gasteiger partial charge is 0.386 e. The number of nitrogens with one attached hydrogen (secondary N) is 1. The first kappa shape index (κ1) is 14.0. The molecule has 0 aromatic heterocycles. The summed E-state index contributed by atoms with van der Waals surface area (Å²) in [5, 5.41) is 3.39. The average Bonchev–Trinajstić information content (AvgIpc) is 1.99. The Morgan fingerprint density at radius 1 is 1.07 bits per heavy atom. The Balaban J connectivity index is 4.79. The van der Waals surface area contributed by atoms with Gasteiger partial charge in [-0.15, -0.1) is 0 Å². The summed E-state index contributed by atoms with van der Waals surface area (Å²) in [6.07, 6.45) is 7.98. The van der Waals surface area contributed by atoms with Gasteiger partial charge in [0.25, 0.3) is 0 Å². The van der Waals surface area contributed by atoms with Crippen molar-refractivity contribution in [3.8, 4) is 0 Å². The summed E-state index contributed by atoms with van der Waals surface area (Å²) in [5.74, 6) is 0. The standard InChI is InChI=1S/C14H25N/c1-8-9-10-12(13(2,3)4)11-15-14(5,6)7/h8-11,15H,1H2,2-7H3/b10-9-,12-11+. The molecule has 0 radical (unpaired) electrons. The molecule has 1 N–H and O–H groups in total. The van der Waals surface area contributed by atoms with E-state index in [9.17, 15) is 0 Å². The van der Waals surface area contributed by atoms with Crippen molar-refractivity contribution in [1.82, 2.24) is 5.32 Å². The van der Waals surface area contributed by atoms with Crippen LogP contribution in [0.4, 0.5) is 0 Å². The highest BCUT2D eigenvalue weighted by atomic mass is 14.9. The van der Waals surface area contributed by atoms with Gasteiger partial charge >= 0.3 is 0 Å². The predicted molar refractivity (Wildman–Crippen MR) is 69.8 cm³/mol. The molecule has 0 bridgehead atoms. The Morgan fingerprint density at radius 2 is 1.60 bits per heavy atom. The van der Waals surface area contributed by atoms with Crippen LogP contribution in [0.15, 0.2) is 36.6 Å². The molecule has 0 aliphatic heterocycles. The van der Waals surface area contributed by atoms with Gasteiger partial charge in [0.2, 0.25) is 0 Å². The molecule has 0 aromatic rings. The molecule has 15 heavy (non-hydrogen) atoms. The van der Waals surface area contributed by atoms with Gasteiger partial charge in [0.15, 0.2) is 0 Å². The van der Waals surface area contributed by atoms with Gasteiger partial charge in [0.1, 0.15) is 0 Å². The highest BCUT2D eigenvalue weighted by Crippen LogP contribution is 2.25. The molecule has 0 unspecified atom stereocenters. The molecule has 0 saturated carbocycles. The lowest BCUT2D eigenvalue weighted by atomic mass is 9.86. The summed E-state index contributed by atoms with van der Waals surface area (Å²) in [6, 6.07) is 0. The minimum Gasteiger partial charge on any atom is -0.386 e. The van der Waals surface area contributed by atoms with Crippen molar-refractivity contribution in [3.05, 3.63) is 36.6 Å². The number of hydrogen-bond acceptors (Lipinski definition) is 1. The zero-order valence-corrected chi connectivity index (χ0v) is 11.0. The zero-order chi connectivity index (χ0) is 12.1. The minimum absolute atomic E-state index is 0.110. The number of hydrogen-bond donors (Lipinski definition) is 1. The summed E-state index contributed by atoms with van der Waals surface area (Å²) in [5.41, 5.74) is 1.54. The number of rotatable bonds is 3. The van der Waals surface area contributed by atoms with Crippen LogP contribution in [-0.4, -0.2) is 5.54 Å². The van der Waals surface area contributed by atoms with E-state index >= 15 is 0 Å². The van der Waals surface area contributed by atoms with E-state index in [4.69, 9.17) is 0 Å². The molecule has 0 aliphatic carbocycles. The van der Waals surface area contributed by atoms with Crippen LogP contribution in [0.1, 0.15) is 41.5 Å². The van der Waals surface area contributed by atoms with Crippen LogP contribution in [0.3, 0.4) is 0 Å². The lowest BCUT2D eigenvalue weighted by Gasteiger charge is -2.24.